The van der Waals surface area contributed by atoms with Gasteiger partial charge >= 0.3 is 0 Å². The molecule has 0 fully saturated rings. The number of hydrogen-bond acceptors (Lipinski definition) is 1. The second kappa shape index (κ2) is 4.47. The van der Waals surface area contributed by atoms with Gasteiger partial charge in [0.25, 0.3) is 0 Å². The Morgan fingerprint density at radius 2 is 2.23 bits per heavy atom. The minimum absolute atomic E-state index is 0.829. The minimum Gasteiger partial charge on any atom is -0.381 e. The second-order valence-electron chi connectivity index (χ2n) is 3.27. The van der Waals surface area contributed by atoms with Crippen molar-refractivity contribution in [3.8, 4) is 0 Å². The van der Waals surface area contributed by atoms with Crippen molar-refractivity contribution in [3.05, 3.63) is 40.4 Å². The number of anilines is 1. The van der Waals surface area contributed by atoms with Crippen molar-refractivity contribution >= 4 is 21.6 Å². The Morgan fingerprint density at radius 3 is 2.77 bits per heavy atom. The van der Waals surface area contributed by atoms with Crippen molar-refractivity contribution in [3.63, 3.8) is 0 Å². The molecular weight excluding hydrogens is 226 g/mol. The predicted octanol–water partition coefficient (Wildman–Crippen LogP) is 3.75. The molecule has 0 spiro atoms. The first kappa shape index (κ1) is 10.3. The van der Waals surface area contributed by atoms with Crippen molar-refractivity contribution in [1.29, 1.82) is 0 Å². The summed E-state index contributed by atoms with van der Waals surface area (Å²) in [4.78, 5) is 0. The molecule has 0 aliphatic heterocycles. The number of rotatable bonds is 3. The van der Waals surface area contributed by atoms with Crippen molar-refractivity contribution in [2.45, 2.75) is 13.8 Å². The van der Waals surface area contributed by atoms with Crippen molar-refractivity contribution in [2.75, 3.05) is 11.9 Å². The largest absolute Gasteiger partial charge is 0.381 e. The average Bonchev–Trinajstić information content (AvgIpc) is 2.07. The van der Waals surface area contributed by atoms with Crippen LogP contribution in [0, 0.1) is 6.92 Å². The maximum Gasteiger partial charge on any atom is 0.0354 e. The van der Waals surface area contributed by atoms with Crippen LogP contribution in [0.15, 0.2) is 34.8 Å². The van der Waals surface area contributed by atoms with Crippen LogP contribution in [-0.4, -0.2) is 6.54 Å². The van der Waals surface area contributed by atoms with Gasteiger partial charge in [0.1, 0.15) is 0 Å². The molecule has 1 nitrogen and oxygen atoms in total. The van der Waals surface area contributed by atoms with E-state index in [1.54, 1.807) is 0 Å². The summed E-state index contributed by atoms with van der Waals surface area (Å²) in [7, 11) is 0. The van der Waals surface area contributed by atoms with E-state index in [-0.39, 0.29) is 0 Å². The van der Waals surface area contributed by atoms with Crippen molar-refractivity contribution in [1.82, 2.24) is 0 Å². The average molecular weight is 240 g/mol. The van der Waals surface area contributed by atoms with Crippen LogP contribution in [0.1, 0.15) is 12.5 Å². The summed E-state index contributed by atoms with van der Waals surface area (Å²) < 4.78 is 1.14. The summed E-state index contributed by atoms with van der Waals surface area (Å²) >= 11 is 3.49. The topological polar surface area (TPSA) is 12.0 Å². The highest BCUT2D eigenvalue weighted by molar-refractivity contribution is 9.10. The van der Waals surface area contributed by atoms with Crippen LogP contribution in [-0.2, 0) is 0 Å². The van der Waals surface area contributed by atoms with Crippen LogP contribution in [0.4, 0.5) is 5.69 Å². The van der Waals surface area contributed by atoms with Gasteiger partial charge in [0, 0.05) is 16.7 Å². The lowest BCUT2D eigenvalue weighted by atomic mass is 10.2. The van der Waals surface area contributed by atoms with Crippen molar-refractivity contribution < 1.29 is 0 Å². The predicted molar refractivity (Wildman–Crippen MR) is 62.2 cm³/mol. The van der Waals surface area contributed by atoms with E-state index < -0.39 is 0 Å². The molecule has 1 N–H and O–H groups in total. The molecule has 1 aromatic carbocycles. The van der Waals surface area contributed by atoms with Crippen LogP contribution < -0.4 is 5.32 Å². The highest BCUT2D eigenvalue weighted by Crippen LogP contribution is 2.20. The second-order valence-corrected chi connectivity index (χ2v) is 4.13. The quantitative estimate of drug-likeness (QED) is 0.793. The van der Waals surface area contributed by atoms with E-state index in [1.807, 2.05) is 6.92 Å². The lowest BCUT2D eigenvalue weighted by molar-refractivity contribution is 1.21. The van der Waals surface area contributed by atoms with E-state index in [0.29, 0.717) is 0 Å². The molecule has 0 aliphatic rings. The third-order valence-corrected chi connectivity index (χ3v) is 2.62. The zero-order chi connectivity index (χ0) is 9.84. The van der Waals surface area contributed by atoms with Gasteiger partial charge in [0.2, 0.25) is 0 Å². The van der Waals surface area contributed by atoms with Crippen LogP contribution in [0.2, 0.25) is 0 Å². The van der Waals surface area contributed by atoms with Gasteiger partial charge in [-0.2, -0.15) is 0 Å². The zero-order valence-electron chi connectivity index (χ0n) is 8.02. The monoisotopic (exact) mass is 239 g/mol. The molecule has 70 valence electrons. The third kappa shape index (κ3) is 3.23. The Kier molecular flexibility index (Phi) is 3.55. The molecule has 1 rings (SSSR count). The molecule has 13 heavy (non-hydrogen) atoms. The molecule has 0 saturated heterocycles. The van der Waals surface area contributed by atoms with Gasteiger partial charge in [0.15, 0.2) is 0 Å². The molecule has 0 amide bonds. The molecule has 0 aromatic heterocycles. The number of hydrogen-bond donors (Lipinski definition) is 1. The van der Waals surface area contributed by atoms with E-state index in [1.165, 1.54) is 5.56 Å². The van der Waals surface area contributed by atoms with E-state index in [4.69, 9.17) is 0 Å². The van der Waals surface area contributed by atoms with Gasteiger partial charge in [-0.1, -0.05) is 34.1 Å². The van der Waals surface area contributed by atoms with Crippen LogP contribution in [0.25, 0.3) is 0 Å². The van der Waals surface area contributed by atoms with Crippen molar-refractivity contribution in [2.24, 2.45) is 0 Å². The van der Waals surface area contributed by atoms with Gasteiger partial charge in [-0.05, 0) is 31.5 Å². The minimum atomic E-state index is 0.829. The smallest absolute Gasteiger partial charge is 0.0354 e. The standard InChI is InChI=1S/C11H14BrN/c1-8(2)7-13-10-5-4-9(3)11(12)6-10/h4-6,13H,1,7H2,2-3H3. The summed E-state index contributed by atoms with van der Waals surface area (Å²) in [6.45, 7) is 8.75. The highest BCUT2D eigenvalue weighted by atomic mass is 79.9. The van der Waals surface area contributed by atoms with E-state index in [2.05, 4.69) is 52.9 Å². The summed E-state index contributed by atoms with van der Waals surface area (Å²) in [5, 5.41) is 3.28. The van der Waals surface area contributed by atoms with Crippen LogP contribution in [0.5, 0.6) is 0 Å². The van der Waals surface area contributed by atoms with Crippen LogP contribution >= 0.6 is 15.9 Å². The fraction of sp³-hybridized carbons (Fsp3) is 0.273. The highest BCUT2D eigenvalue weighted by Gasteiger charge is 1.96. The molecule has 0 atom stereocenters. The Labute approximate surface area is 88.0 Å². The van der Waals surface area contributed by atoms with Gasteiger partial charge in [-0.25, -0.2) is 0 Å². The van der Waals surface area contributed by atoms with Gasteiger partial charge in [-0.15, -0.1) is 0 Å². The van der Waals surface area contributed by atoms with E-state index in [0.717, 1.165) is 22.3 Å². The summed E-state index contributed by atoms with van der Waals surface area (Å²) in [5.74, 6) is 0. The Bertz CT molecular complexity index is 318. The third-order valence-electron chi connectivity index (χ3n) is 1.77. The molecule has 0 heterocycles. The van der Waals surface area contributed by atoms with Gasteiger partial charge in [-0.3, -0.25) is 0 Å². The van der Waals surface area contributed by atoms with Crippen LogP contribution in [0.3, 0.4) is 0 Å². The number of aryl methyl sites for hydroxylation is 1. The molecule has 0 saturated carbocycles. The van der Waals surface area contributed by atoms with E-state index >= 15 is 0 Å². The lowest BCUT2D eigenvalue weighted by Crippen LogP contribution is -2.01. The molecule has 0 aliphatic carbocycles. The Morgan fingerprint density at radius 1 is 1.54 bits per heavy atom. The number of benzene rings is 1. The molecule has 1 aromatic rings. The normalized spacial score (nSPS) is 9.77. The maximum absolute atomic E-state index is 3.84. The SMILES string of the molecule is C=C(C)CNc1ccc(C)c(Br)c1. The number of halogens is 1. The van der Waals surface area contributed by atoms with Gasteiger partial charge in [0.05, 0.1) is 0 Å². The lowest BCUT2D eigenvalue weighted by Gasteiger charge is -2.07. The fourth-order valence-electron chi connectivity index (χ4n) is 0.956. The summed E-state index contributed by atoms with van der Waals surface area (Å²) in [6.07, 6.45) is 0. The molecule has 0 bridgehead atoms. The first-order valence-electron chi connectivity index (χ1n) is 4.24. The number of nitrogens with one attached hydrogen (secondary N) is 1. The van der Waals surface area contributed by atoms with Gasteiger partial charge < -0.3 is 5.32 Å². The first-order valence-corrected chi connectivity index (χ1v) is 5.03. The summed E-state index contributed by atoms with van der Waals surface area (Å²) in [6, 6.07) is 6.24. The maximum atomic E-state index is 3.84. The molecular formula is C11H14BrN. The zero-order valence-corrected chi connectivity index (χ0v) is 9.61. The van der Waals surface area contributed by atoms with E-state index in [9.17, 15) is 0 Å². The Hall–Kier alpha value is -0.760. The molecule has 0 unspecified atom stereocenters. The fourth-order valence-corrected chi connectivity index (χ4v) is 1.33. The summed E-state index contributed by atoms with van der Waals surface area (Å²) in [5.41, 5.74) is 3.51. The molecule has 0 radical (unpaired) electrons. The molecule has 2 heteroatoms. The Balaban J connectivity index is 2.68. The first-order chi connectivity index (χ1) is 6.09.